The molecule has 0 atom stereocenters. The zero-order valence-electron chi connectivity index (χ0n) is 8.90. The van der Waals surface area contributed by atoms with Gasteiger partial charge in [0.2, 0.25) is 5.95 Å². The Kier molecular flexibility index (Phi) is 2.91. The standard InChI is InChI=1S/C9H11ClN6/c1-11-8-6(10)5-12-9(15-8)14-7-3-4-13-16(7)2/h3-5H,1-2H3,(H2,11,12,14,15). The third-order valence-corrected chi connectivity index (χ3v) is 2.32. The lowest BCUT2D eigenvalue weighted by atomic mass is 10.5. The maximum Gasteiger partial charge on any atom is 0.230 e. The molecule has 2 heterocycles. The predicted molar refractivity (Wildman–Crippen MR) is 63.1 cm³/mol. The highest BCUT2D eigenvalue weighted by Crippen LogP contribution is 2.20. The fourth-order valence-corrected chi connectivity index (χ4v) is 1.40. The van der Waals surface area contributed by atoms with Crippen molar-refractivity contribution in [3.05, 3.63) is 23.5 Å². The Balaban J connectivity index is 2.25. The highest BCUT2D eigenvalue weighted by molar-refractivity contribution is 6.32. The van der Waals surface area contributed by atoms with Crippen molar-refractivity contribution in [2.24, 2.45) is 7.05 Å². The molecule has 0 aliphatic carbocycles. The van der Waals surface area contributed by atoms with Crippen molar-refractivity contribution in [1.82, 2.24) is 19.7 Å². The van der Waals surface area contributed by atoms with Gasteiger partial charge in [0.25, 0.3) is 0 Å². The Hall–Kier alpha value is -1.82. The van der Waals surface area contributed by atoms with Crippen LogP contribution in [0.4, 0.5) is 17.6 Å². The van der Waals surface area contributed by atoms with Crippen LogP contribution in [0.2, 0.25) is 5.02 Å². The summed E-state index contributed by atoms with van der Waals surface area (Å²) < 4.78 is 1.69. The number of aromatic nitrogens is 4. The second-order valence-electron chi connectivity index (χ2n) is 3.11. The number of halogens is 1. The summed E-state index contributed by atoms with van der Waals surface area (Å²) in [6.07, 6.45) is 3.23. The first kappa shape index (κ1) is 10.7. The second kappa shape index (κ2) is 4.36. The van der Waals surface area contributed by atoms with Crippen LogP contribution in [-0.4, -0.2) is 26.8 Å². The molecule has 0 bridgehead atoms. The van der Waals surface area contributed by atoms with Crippen LogP contribution in [0.5, 0.6) is 0 Å². The minimum absolute atomic E-state index is 0.470. The van der Waals surface area contributed by atoms with E-state index in [-0.39, 0.29) is 0 Å². The molecule has 0 aromatic carbocycles. The molecule has 6 nitrogen and oxygen atoms in total. The predicted octanol–water partition coefficient (Wildman–Crippen LogP) is 1.65. The number of anilines is 3. The lowest BCUT2D eigenvalue weighted by molar-refractivity contribution is 0.775. The highest BCUT2D eigenvalue weighted by atomic mass is 35.5. The van der Waals surface area contributed by atoms with Gasteiger partial charge < -0.3 is 10.6 Å². The normalized spacial score (nSPS) is 10.2. The Morgan fingerprint density at radius 3 is 2.88 bits per heavy atom. The summed E-state index contributed by atoms with van der Waals surface area (Å²) >= 11 is 5.88. The summed E-state index contributed by atoms with van der Waals surface area (Å²) in [6.45, 7) is 0. The lowest BCUT2D eigenvalue weighted by Crippen LogP contribution is -2.04. The van der Waals surface area contributed by atoms with Crippen LogP contribution in [0.25, 0.3) is 0 Å². The molecule has 2 aromatic heterocycles. The molecule has 0 amide bonds. The first-order valence-corrected chi connectivity index (χ1v) is 5.04. The number of aryl methyl sites for hydroxylation is 1. The van der Waals surface area contributed by atoms with E-state index >= 15 is 0 Å². The summed E-state index contributed by atoms with van der Waals surface area (Å²) in [4.78, 5) is 8.27. The summed E-state index contributed by atoms with van der Waals surface area (Å²) in [5.74, 6) is 1.86. The topological polar surface area (TPSA) is 67.7 Å². The molecule has 0 spiro atoms. The molecule has 0 saturated heterocycles. The number of nitrogens with one attached hydrogen (secondary N) is 2. The van der Waals surface area contributed by atoms with Crippen LogP contribution >= 0.6 is 11.6 Å². The zero-order valence-corrected chi connectivity index (χ0v) is 9.65. The van der Waals surface area contributed by atoms with Crippen LogP contribution in [0, 0.1) is 0 Å². The maximum atomic E-state index is 5.88. The van der Waals surface area contributed by atoms with E-state index in [1.165, 1.54) is 0 Å². The van der Waals surface area contributed by atoms with E-state index < -0.39 is 0 Å². The molecule has 2 rings (SSSR count). The SMILES string of the molecule is CNc1nc(Nc2ccnn2C)ncc1Cl. The number of nitrogens with zero attached hydrogens (tertiary/aromatic N) is 4. The summed E-state index contributed by atoms with van der Waals surface area (Å²) in [6, 6.07) is 1.83. The monoisotopic (exact) mass is 238 g/mol. The Morgan fingerprint density at radius 1 is 1.44 bits per heavy atom. The highest BCUT2D eigenvalue weighted by Gasteiger charge is 2.05. The summed E-state index contributed by atoms with van der Waals surface area (Å²) in [5, 5.41) is 10.4. The molecule has 2 aromatic rings. The first-order chi connectivity index (χ1) is 7.70. The Labute approximate surface area is 97.7 Å². The molecule has 16 heavy (non-hydrogen) atoms. The van der Waals surface area contributed by atoms with Crippen LogP contribution in [0.3, 0.4) is 0 Å². The molecular formula is C9H11ClN6. The van der Waals surface area contributed by atoms with Crippen molar-refractivity contribution in [3.8, 4) is 0 Å². The van der Waals surface area contributed by atoms with Gasteiger partial charge in [0.1, 0.15) is 16.7 Å². The van der Waals surface area contributed by atoms with Gasteiger partial charge in [-0.1, -0.05) is 11.6 Å². The Bertz CT molecular complexity index is 494. The Morgan fingerprint density at radius 2 is 2.25 bits per heavy atom. The largest absolute Gasteiger partial charge is 0.372 e. The van der Waals surface area contributed by atoms with Gasteiger partial charge in [0.15, 0.2) is 0 Å². The molecule has 0 unspecified atom stereocenters. The minimum atomic E-state index is 0.470. The third-order valence-electron chi connectivity index (χ3n) is 2.04. The summed E-state index contributed by atoms with van der Waals surface area (Å²) in [5.41, 5.74) is 0. The number of hydrogen-bond acceptors (Lipinski definition) is 5. The van der Waals surface area contributed by atoms with E-state index in [1.54, 1.807) is 24.1 Å². The molecule has 84 valence electrons. The molecule has 0 aliphatic rings. The van der Waals surface area contributed by atoms with Gasteiger partial charge in [0, 0.05) is 20.2 Å². The third kappa shape index (κ3) is 2.06. The molecule has 0 aliphatic heterocycles. The van der Waals surface area contributed by atoms with Gasteiger partial charge in [-0.2, -0.15) is 10.1 Å². The van der Waals surface area contributed by atoms with E-state index in [2.05, 4.69) is 25.7 Å². The van der Waals surface area contributed by atoms with Crippen LogP contribution in [0.1, 0.15) is 0 Å². The smallest absolute Gasteiger partial charge is 0.230 e. The van der Waals surface area contributed by atoms with Crippen molar-refractivity contribution in [2.75, 3.05) is 17.7 Å². The van der Waals surface area contributed by atoms with E-state index in [4.69, 9.17) is 11.6 Å². The van der Waals surface area contributed by atoms with Gasteiger partial charge in [0.05, 0.1) is 12.4 Å². The van der Waals surface area contributed by atoms with Gasteiger partial charge in [-0.05, 0) is 0 Å². The minimum Gasteiger partial charge on any atom is -0.372 e. The zero-order chi connectivity index (χ0) is 11.5. The average molecular weight is 239 g/mol. The van der Waals surface area contributed by atoms with E-state index in [0.29, 0.717) is 16.8 Å². The van der Waals surface area contributed by atoms with E-state index in [9.17, 15) is 0 Å². The van der Waals surface area contributed by atoms with E-state index in [0.717, 1.165) is 5.82 Å². The molecule has 7 heteroatoms. The van der Waals surface area contributed by atoms with Crippen molar-refractivity contribution in [3.63, 3.8) is 0 Å². The molecular weight excluding hydrogens is 228 g/mol. The van der Waals surface area contributed by atoms with Crippen molar-refractivity contribution >= 4 is 29.2 Å². The summed E-state index contributed by atoms with van der Waals surface area (Å²) in [7, 11) is 3.58. The second-order valence-corrected chi connectivity index (χ2v) is 3.51. The van der Waals surface area contributed by atoms with Gasteiger partial charge in [-0.15, -0.1) is 0 Å². The first-order valence-electron chi connectivity index (χ1n) is 4.66. The average Bonchev–Trinajstić information content (AvgIpc) is 2.67. The van der Waals surface area contributed by atoms with Crippen LogP contribution < -0.4 is 10.6 Å². The fraction of sp³-hybridized carbons (Fsp3) is 0.222. The quantitative estimate of drug-likeness (QED) is 0.851. The van der Waals surface area contributed by atoms with Crippen molar-refractivity contribution in [1.29, 1.82) is 0 Å². The molecule has 2 N–H and O–H groups in total. The van der Waals surface area contributed by atoms with Crippen molar-refractivity contribution in [2.45, 2.75) is 0 Å². The maximum absolute atomic E-state index is 5.88. The van der Waals surface area contributed by atoms with Gasteiger partial charge in [-0.25, -0.2) is 4.98 Å². The fourth-order valence-electron chi connectivity index (χ4n) is 1.21. The molecule has 0 fully saturated rings. The van der Waals surface area contributed by atoms with Crippen LogP contribution in [-0.2, 0) is 7.05 Å². The van der Waals surface area contributed by atoms with Gasteiger partial charge >= 0.3 is 0 Å². The number of hydrogen-bond donors (Lipinski definition) is 2. The van der Waals surface area contributed by atoms with Gasteiger partial charge in [-0.3, -0.25) is 4.68 Å². The van der Waals surface area contributed by atoms with Crippen molar-refractivity contribution < 1.29 is 0 Å². The molecule has 0 saturated carbocycles. The van der Waals surface area contributed by atoms with E-state index in [1.807, 2.05) is 13.1 Å². The number of rotatable bonds is 3. The molecule has 0 radical (unpaired) electrons. The van der Waals surface area contributed by atoms with Crippen LogP contribution in [0.15, 0.2) is 18.5 Å². The lowest BCUT2D eigenvalue weighted by Gasteiger charge is -2.07.